The minimum absolute atomic E-state index is 0.198. The fourth-order valence-corrected chi connectivity index (χ4v) is 0.158. The minimum atomic E-state index is 0.198. The molecule has 1 unspecified atom stereocenters. The summed E-state index contributed by atoms with van der Waals surface area (Å²) in [5.41, 5.74) is 0. The van der Waals surface area contributed by atoms with Gasteiger partial charge in [-0.2, -0.15) is 0 Å². The average molecular weight is 107 g/mol. The van der Waals surface area contributed by atoms with Gasteiger partial charge >= 0.3 is 0 Å². The predicted molar refractivity (Wildman–Crippen MR) is 29.4 cm³/mol. The average Bonchev–Trinajstić information content (AvgIpc) is 1.65. The van der Waals surface area contributed by atoms with Crippen molar-refractivity contribution in [3.8, 4) is 0 Å². The van der Waals surface area contributed by atoms with E-state index in [-0.39, 0.29) is 12.6 Å². The highest BCUT2D eigenvalue weighted by Gasteiger charge is 1.88. The second-order valence-corrected chi connectivity index (χ2v) is 1.58. The van der Waals surface area contributed by atoms with E-state index in [0.29, 0.717) is 0 Å². The van der Waals surface area contributed by atoms with E-state index in [4.69, 9.17) is 5.11 Å². The van der Waals surface area contributed by atoms with Crippen molar-refractivity contribution in [2.45, 2.75) is 13.0 Å². The zero-order chi connectivity index (χ0) is 4.99. The van der Waals surface area contributed by atoms with Crippen molar-refractivity contribution >= 4 is 9.39 Å². The van der Waals surface area contributed by atoms with Gasteiger partial charge in [-0.05, 0) is 6.92 Å². The first-order chi connectivity index (χ1) is 2.81. The Balaban J connectivity index is 2.75. The highest BCUT2D eigenvalue weighted by Crippen LogP contribution is 1.78. The lowest BCUT2D eigenvalue weighted by Crippen LogP contribution is -2.19. The van der Waals surface area contributed by atoms with Crippen LogP contribution in [-0.4, -0.2) is 17.8 Å². The van der Waals surface area contributed by atoms with Crippen LogP contribution in [0.25, 0.3) is 0 Å². The van der Waals surface area contributed by atoms with Gasteiger partial charge in [0.15, 0.2) is 0 Å². The van der Waals surface area contributed by atoms with Crippen molar-refractivity contribution in [3.63, 3.8) is 0 Å². The maximum absolute atomic E-state index is 8.26. The van der Waals surface area contributed by atoms with Crippen LogP contribution in [0.5, 0.6) is 0 Å². The Kier molecular flexibility index (Phi) is 3.74. The Labute approximate surface area is 40.2 Å². The lowest BCUT2D eigenvalue weighted by atomic mass is 10.4. The SMILES string of the molecule is C[C@@H](CO)NP. The van der Waals surface area contributed by atoms with Gasteiger partial charge < -0.3 is 5.11 Å². The molecule has 0 aromatic carbocycles. The molecular formula is C3H10NOP. The summed E-state index contributed by atoms with van der Waals surface area (Å²) in [5, 5.41) is 11.0. The summed E-state index contributed by atoms with van der Waals surface area (Å²) >= 11 is 0. The maximum atomic E-state index is 8.26. The molecule has 0 spiro atoms. The highest BCUT2D eigenvalue weighted by atomic mass is 31.0. The molecule has 0 radical (unpaired) electrons. The largest absolute Gasteiger partial charge is 0.395 e. The zero-order valence-corrected chi connectivity index (χ0v) is 4.96. The molecule has 0 aliphatic rings. The summed E-state index contributed by atoms with van der Waals surface area (Å²) < 4.78 is 0. The summed E-state index contributed by atoms with van der Waals surface area (Å²) in [5.74, 6) is 0. The monoisotopic (exact) mass is 107 g/mol. The molecule has 0 aliphatic heterocycles. The predicted octanol–water partition coefficient (Wildman–Crippen LogP) is -0.253. The molecule has 0 aromatic rings. The smallest absolute Gasteiger partial charge is 0.0584 e. The van der Waals surface area contributed by atoms with Gasteiger partial charge in [0, 0.05) is 6.04 Å². The first-order valence-corrected chi connectivity index (χ1v) is 2.46. The Morgan fingerprint density at radius 2 is 2.50 bits per heavy atom. The molecule has 0 bridgehead atoms. The Hall–Kier alpha value is 0.350. The molecule has 38 valence electrons. The maximum Gasteiger partial charge on any atom is 0.0584 e. The standard InChI is InChI=1S/C3H10NOP/c1-3(2-5)4-6/h3-5H,2,6H2,1H3/t3-/m0/s1. The second-order valence-electron chi connectivity index (χ2n) is 1.25. The van der Waals surface area contributed by atoms with Gasteiger partial charge in [0.1, 0.15) is 0 Å². The van der Waals surface area contributed by atoms with Gasteiger partial charge in [0.2, 0.25) is 0 Å². The number of aliphatic hydroxyl groups excluding tert-OH is 1. The molecule has 2 nitrogen and oxygen atoms in total. The minimum Gasteiger partial charge on any atom is -0.395 e. The van der Waals surface area contributed by atoms with Crippen LogP contribution in [0, 0.1) is 0 Å². The van der Waals surface area contributed by atoms with Crippen molar-refractivity contribution in [1.29, 1.82) is 0 Å². The third kappa shape index (κ3) is 2.58. The topological polar surface area (TPSA) is 32.3 Å². The molecule has 0 aromatic heterocycles. The van der Waals surface area contributed by atoms with E-state index in [1.165, 1.54) is 0 Å². The van der Waals surface area contributed by atoms with Gasteiger partial charge in [0.05, 0.1) is 6.61 Å². The van der Waals surface area contributed by atoms with E-state index in [9.17, 15) is 0 Å². The summed E-state index contributed by atoms with van der Waals surface area (Å²) in [6, 6.07) is 0.204. The van der Waals surface area contributed by atoms with Crippen LogP contribution in [0.1, 0.15) is 6.92 Å². The highest BCUT2D eigenvalue weighted by molar-refractivity contribution is 7.13. The summed E-state index contributed by atoms with van der Waals surface area (Å²) in [4.78, 5) is 0. The van der Waals surface area contributed by atoms with Crippen LogP contribution in [0.15, 0.2) is 0 Å². The van der Waals surface area contributed by atoms with Gasteiger partial charge in [-0.3, -0.25) is 5.09 Å². The van der Waals surface area contributed by atoms with Gasteiger partial charge in [-0.1, -0.05) is 9.39 Å². The van der Waals surface area contributed by atoms with Crippen molar-refractivity contribution in [2.24, 2.45) is 0 Å². The molecule has 0 amide bonds. The van der Waals surface area contributed by atoms with Crippen LogP contribution in [-0.2, 0) is 0 Å². The first-order valence-electron chi connectivity index (χ1n) is 1.88. The van der Waals surface area contributed by atoms with Crippen LogP contribution < -0.4 is 5.09 Å². The molecular weight excluding hydrogens is 97.0 g/mol. The summed E-state index contributed by atoms with van der Waals surface area (Å²) in [6.07, 6.45) is 0. The van der Waals surface area contributed by atoms with Crippen LogP contribution >= 0.6 is 9.39 Å². The summed E-state index contributed by atoms with van der Waals surface area (Å²) in [6.45, 7) is 2.09. The third-order valence-corrected chi connectivity index (χ3v) is 1.13. The Morgan fingerprint density at radius 1 is 2.00 bits per heavy atom. The van der Waals surface area contributed by atoms with Crippen LogP contribution in [0.4, 0.5) is 0 Å². The normalized spacial score (nSPS) is 14.5. The molecule has 0 rings (SSSR count). The van der Waals surface area contributed by atoms with Gasteiger partial charge in [-0.15, -0.1) is 0 Å². The van der Waals surface area contributed by atoms with E-state index in [0.717, 1.165) is 0 Å². The quantitative estimate of drug-likeness (QED) is 0.477. The first kappa shape index (κ1) is 6.35. The molecule has 0 aliphatic carbocycles. The van der Waals surface area contributed by atoms with Crippen molar-refractivity contribution < 1.29 is 5.11 Å². The molecule has 0 heterocycles. The summed E-state index contributed by atoms with van der Waals surface area (Å²) in [7, 11) is 2.33. The third-order valence-electron chi connectivity index (χ3n) is 0.558. The fraction of sp³-hybridized carbons (Fsp3) is 1.00. The van der Waals surface area contributed by atoms with Crippen LogP contribution in [0.3, 0.4) is 0 Å². The van der Waals surface area contributed by atoms with E-state index in [2.05, 4.69) is 14.5 Å². The van der Waals surface area contributed by atoms with Gasteiger partial charge in [-0.25, -0.2) is 0 Å². The molecule has 6 heavy (non-hydrogen) atoms. The molecule has 0 saturated carbocycles. The number of hydrogen-bond acceptors (Lipinski definition) is 2. The number of rotatable bonds is 2. The number of hydrogen-bond donors (Lipinski definition) is 2. The Bertz CT molecular complexity index is 30.0. The van der Waals surface area contributed by atoms with Crippen molar-refractivity contribution in [3.05, 3.63) is 0 Å². The number of aliphatic hydroxyl groups is 1. The van der Waals surface area contributed by atoms with Crippen LogP contribution in [0.2, 0.25) is 0 Å². The fourth-order valence-electron chi connectivity index (χ4n) is 0.0527. The molecule has 2 N–H and O–H groups in total. The van der Waals surface area contributed by atoms with E-state index >= 15 is 0 Å². The van der Waals surface area contributed by atoms with Crippen molar-refractivity contribution in [1.82, 2.24) is 5.09 Å². The van der Waals surface area contributed by atoms with Crippen molar-refractivity contribution in [2.75, 3.05) is 6.61 Å². The molecule has 3 heteroatoms. The lowest BCUT2D eigenvalue weighted by Gasteiger charge is -2.01. The van der Waals surface area contributed by atoms with Gasteiger partial charge in [0.25, 0.3) is 0 Å². The molecule has 2 atom stereocenters. The molecule has 0 saturated heterocycles. The van der Waals surface area contributed by atoms with E-state index < -0.39 is 0 Å². The molecule has 0 fully saturated rings. The second kappa shape index (κ2) is 3.54. The zero-order valence-electron chi connectivity index (χ0n) is 3.81. The number of nitrogens with one attached hydrogen (secondary N) is 1. The van der Waals surface area contributed by atoms with E-state index in [1.54, 1.807) is 0 Å². The van der Waals surface area contributed by atoms with E-state index in [1.807, 2.05) is 6.92 Å². The Morgan fingerprint density at radius 3 is 2.50 bits per heavy atom. The lowest BCUT2D eigenvalue weighted by molar-refractivity contribution is 0.267.